The summed E-state index contributed by atoms with van der Waals surface area (Å²) in [7, 11) is 1.33. The van der Waals surface area contributed by atoms with Crippen LogP contribution in [0.4, 0.5) is 5.69 Å². The highest BCUT2D eigenvalue weighted by Gasteiger charge is 2.27. The van der Waals surface area contributed by atoms with Crippen molar-refractivity contribution in [2.45, 2.75) is 33.3 Å². The largest absolute Gasteiger partial charge is 0.481 e. The van der Waals surface area contributed by atoms with Gasteiger partial charge >= 0.3 is 5.97 Å². The summed E-state index contributed by atoms with van der Waals surface area (Å²) in [6, 6.07) is 14.9. The number of esters is 1. The number of hydrogen-bond donors (Lipinski definition) is 1. The van der Waals surface area contributed by atoms with Crippen molar-refractivity contribution in [3.8, 4) is 5.75 Å². The topological polar surface area (TPSA) is 64.6 Å². The lowest BCUT2D eigenvalue weighted by molar-refractivity contribution is -0.146. The first-order valence-electron chi connectivity index (χ1n) is 8.57. The Bertz CT molecular complexity index is 738. The van der Waals surface area contributed by atoms with E-state index in [4.69, 9.17) is 9.47 Å². The number of hydrogen-bond acceptors (Lipinski definition) is 4. The second-order valence-electron chi connectivity index (χ2n) is 6.45. The third-order valence-electron chi connectivity index (χ3n) is 3.97. The summed E-state index contributed by atoms with van der Waals surface area (Å²) >= 11 is 0. The third-order valence-corrected chi connectivity index (χ3v) is 3.97. The smallest absolute Gasteiger partial charge is 0.308 e. The van der Waals surface area contributed by atoms with E-state index in [1.54, 1.807) is 19.1 Å². The Kier molecular flexibility index (Phi) is 6.78. The molecular formula is C21H25NO4. The molecule has 2 atom stereocenters. The zero-order valence-electron chi connectivity index (χ0n) is 15.6. The summed E-state index contributed by atoms with van der Waals surface area (Å²) in [5.41, 5.74) is 2.83. The minimum Gasteiger partial charge on any atom is -0.481 e. The number of carbonyl (C=O) groups is 2. The number of amides is 1. The highest BCUT2D eigenvalue weighted by Crippen LogP contribution is 2.19. The highest BCUT2D eigenvalue weighted by molar-refractivity contribution is 5.94. The Balaban J connectivity index is 2.17. The molecule has 0 aliphatic carbocycles. The van der Waals surface area contributed by atoms with Crippen LogP contribution in [0.15, 0.2) is 48.5 Å². The van der Waals surface area contributed by atoms with Gasteiger partial charge in [-0.1, -0.05) is 31.2 Å². The maximum Gasteiger partial charge on any atom is 0.308 e. The molecule has 5 heteroatoms. The molecule has 0 saturated carbocycles. The van der Waals surface area contributed by atoms with Gasteiger partial charge in [0, 0.05) is 12.1 Å². The number of benzene rings is 2. The van der Waals surface area contributed by atoms with E-state index in [1.165, 1.54) is 7.11 Å². The standard InChI is InChI=1S/C21H25NO4/c1-14-10-15(2)12-17(11-14)22-20(23)19(13-16(3)21(24)25-4)26-18-8-6-5-7-9-18/h5-12,16,19H,13H2,1-4H3,(H,22,23). The average Bonchev–Trinajstić information content (AvgIpc) is 2.60. The molecule has 0 fully saturated rings. The molecule has 0 bridgehead atoms. The maximum absolute atomic E-state index is 12.8. The summed E-state index contributed by atoms with van der Waals surface area (Å²) in [6.07, 6.45) is -0.592. The number of para-hydroxylation sites is 1. The van der Waals surface area contributed by atoms with E-state index in [9.17, 15) is 9.59 Å². The van der Waals surface area contributed by atoms with Gasteiger partial charge in [0.2, 0.25) is 0 Å². The van der Waals surface area contributed by atoms with Crippen molar-refractivity contribution in [2.24, 2.45) is 5.92 Å². The van der Waals surface area contributed by atoms with Crippen LogP contribution in [0.25, 0.3) is 0 Å². The zero-order chi connectivity index (χ0) is 19.1. The van der Waals surface area contributed by atoms with Crippen LogP contribution in [0.5, 0.6) is 5.75 Å². The molecular weight excluding hydrogens is 330 g/mol. The number of methoxy groups -OCH3 is 1. The second kappa shape index (κ2) is 9.04. The van der Waals surface area contributed by atoms with Crippen molar-refractivity contribution >= 4 is 17.6 Å². The van der Waals surface area contributed by atoms with E-state index in [1.807, 2.05) is 50.2 Å². The first-order valence-corrected chi connectivity index (χ1v) is 8.57. The molecule has 2 aromatic rings. The van der Waals surface area contributed by atoms with Crippen molar-refractivity contribution in [2.75, 3.05) is 12.4 Å². The molecule has 26 heavy (non-hydrogen) atoms. The van der Waals surface area contributed by atoms with Crippen LogP contribution in [0.2, 0.25) is 0 Å². The molecule has 2 aromatic carbocycles. The van der Waals surface area contributed by atoms with Crippen LogP contribution in [0, 0.1) is 19.8 Å². The fourth-order valence-corrected chi connectivity index (χ4v) is 2.76. The number of anilines is 1. The fraction of sp³-hybridized carbons (Fsp3) is 0.333. The van der Waals surface area contributed by atoms with Gasteiger partial charge in [0.25, 0.3) is 5.91 Å². The third kappa shape index (κ3) is 5.62. The normalized spacial score (nSPS) is 12.8. The van der Waals surface area contributed by atoms with E-state index in [2.05, 4.69) is 5.32 Å². The van der Waals surface area contributed by atoms with Crippen LogP contribution in [0.3, 0.4) is 0 Å². The molecule has 2 unspecified atom stereocenters. The molecule has 0 aromatic heterocycles. The molecule has 5 nitrogen and oxygen atoms in total. The molecule has 2 rings (SSSR count). The minimum atomic E-state index is -0.813. The van der Waals surface area contributed by atoms with E-state index in [-0.39, 0.29) is 18.3 Å². The lowest BCUT2D eigenvalue weighted by Gasteiger charge is -2.21. The average molecular weight is 355 g/mol. The van der Waals surface area contributed by atoms with Crippen molar-refractivity contribution in [3.05, 3.63) is 59.7 Å². The molecule has 0 radical (unpaired) electrons. The summed E-state index contributed by atoms with van der Waals surface area (Å²) in [5, 5.41) is 2.89. The molecule has 138 valence electrons. The van der Waals surface area contributed by atoms with Crippen LogP contribution >= 0.6 is 0 Å². The molecule has 0 spiro atoms. The second-order valence-corrected chi connectivity index (χ2v) is 6.45. The Morgan fingerprint density at radius 2 is 1.65 bits per heavy atom. The maximum atomic E-state index is 12.8. The van der Waals surface area contributed by atoms with Crippen molar-refractivity contribution in [1.29, 1.82) is 0 Å². The number of nitrogens with one attached hydrogen (secondary N) is 1. The zero-order valence-corrected chi connectivity index (χ0v) is 15.6. The van der Waals surface area contributed by atoms with Gasteiger partial charge in [0.05, 0.1) is 13.0 Å². The van der Waals surface area contributed by atoms with Gasteiger partial charge in [-0.25, -0.2) is 0 Å². The van der Waals surface area contributed by atoms with Crippen LogP contribution < -0.4 is 10.1 Å². The van der Waals surface area contributed by atoms with Gasteiger partial charge in [0.1, 0.15) is 5.75 Å². The van der Waals surface area contributed by atoms with Gasteiger partial charge in [0.15, 0.2) is 6.10 Å². The molecule has 0 saturated heterocycles. The fourth-order valence-electron chi connectivity index (χ4n) is 2.76. The summed E-state index contributed by atoms with van der Waals surface area (Å²) in [6.45, 7) is 5.66. The molecule has 0 aliphatic rings. The number of ether oxygens (including phenoxy) is 2. The Morgan fingerprint density at radius 1 is 1.04 bits per heavy atom. The summed E-state index contributed by atoms with van der Waals surface area (Å²) < 4.78 is 10.6. The van der Waals surface area contributed by atoms with Crippen molar-refractivity contribution < 1.29 is 19.1 Å². The van der Waals surface area contributed by atoms with Crippen LogP contribution in [-0.4, -0.2) is 25.1 Å². The number of rotatable bonds is 7. The Labute approximate surface area is 154 Å². The van der Waals surface area contributed by atoms with Crippen molar-refractivity contribution in [1.82, 2.24) is 0 Å². The monoisotopic (exact) mass is 355 g/mol. The molecule has 0 aliphatic heterocycles. The van der Waals surface area contributed by atoms with Gasteiger partial charge in [-0.2, -0.15) is 0 Å². The van der Waals surface area contributed by atoms with Gasteiger partial charge in [-0.15, -0.1) is 0 Å². The SMILES string of the molecule is COC(=O)C(C)CC(Oc1ccccc1)C(=O)Nc1cc(C)cc(C)c1. The molecule has 0 heterocycles. The van der Waals surface area contributed by atoms with Gasteiger partial charge in [-0.05, 0) is 49.2 Å². The number of aryl methyl sites for hydroxylation is 2. The number of carbonyl (C=O) groups excluding carboxylic acids is 2. The Morgan fingerprint density at radius 3 is 2.23 bits per heavy atom. The first-order chi connectivity index (χ1) is 12.4. The van der Waals surface area contributed by atoms with Crippen LogP contribution in [0.1, 0.15) is 24.5 Å². The Hall–Kier alpha value is -2.82. The van der Waals surface area contributed by atoms with Gasteiger partial charge in [-0.3, -0.25) is 9.59 Å². The quantitative estimate of drug-likeness (QED) is 0.765. The summed E-state index contributed by atoms with van der Waals surface area (Å²) in [5.74, 6) is -0.552. The summed E-state index contributed by atoms with van der Waals surface area (Å²) in [4.78, 5) is 24.6. The molecule has 1 N–H and O–H groups in total. The highest BCUT2D eigenvalue weighted by atomic mass is 16.5. The van der Waals surface area contributed by atoms with E-state index < -0.39 is 12.0 Å². The van der Waals surface area contributed by atoms with E-state index in [0.29, 0.717) is 11.4 Å². The molecule has 1 amide bonds. The predicted octanol–water partition coefficient (Wildman–Crippen LogP) is 3.89. The lowest BCUT2D eigenvalue weighted by Crippen LogP contribution is -2.36. The van der Waals surface area contributed by atoms with Crippen LogP contribution in [-0.2, 0) is 14.3 Å². The predicted molar refractivity (Wildman–Crippen MR) is 101 cm³/mol. The van der Waals surface area contributed by atoms with Crippen molar-refractivity contribution in [3.63, 3.8) is 0 Å². The first kappa shape index (κ1) is 19.5. The minimum absolute atomic E-state index is 0.220. The van der Waals surface area contributed by atoms with Gasteiger partial charge < -0.3 is 14.8 Å². The van der Waals surface area contributed by atoms with E-state index >= 15 is 0 Å². The van der Waals surface area contributed by atoms with E-state index in [0.717, 1.165) is 11.1 Å². The lowest BCUT2D eigenvalue weighted by atomic mass is 10.0.